The van der Waals surface area contributed by atoms with Gasteiger partial charge >= 0.3 is 0 Å². The van der Waals surface area contributed by atoms with Crippen LogP contribution in [-0.4, -0.2) is 11.6 Å². The lowest BCUT2D eigenvalue weighted by atomic mass is 10.7. The number of hydrazine groups is 2. The molecule has 1 aliphatic heterocycles. The zero-order valence-corrected chi connectivity index (χ0v) is 4.31. The van der Waals surface area contributed by atoms with Gasteiger partial charge in [-0.1, -0.05) is 0 Å². The van der Waals surface area contributed by atoms with Crippen LogP contribution >= 0.6 is 0 Å². The Morgan fingerprint density at radius 2 is 2.57 bits per heavy atom. The highest BCUT2D eigenvalue weighted by atomic mass is 15.7. The van der Waals surface area contributed by atoms with E-state index in [0.717, 1.165) is 6.54 Å². The molecule has 0 radical (unpaired) electrons. The van der Waals surface area contributed by atoms with Gasteiger partial charge < -0.3 is 5.43 Å². The van der Waals surface area contributed by atoms with Crippen LogP contribution in [0, 0.1) is 0 Å². The minimum absolute atomic E-state index is 0.990. The molecular formula is C4H9N3. The molecule has 0 atom stereocenters. The van der Waals surface area contributed by atoms with Crippen LogP contribution in [0.3, 0.4) is 0 Å². The summed E-state index contributed by atoms with van der Waals surface area (Å²) in [4.78, 5) is 0. The monoisotopic (exact) mass is 99.1 g/mol. The standard InChI is InChI=1S/C4H9N3/c1-2-7-4-3-5-6-7/h3-6H,2H2,1H3. The number of rotatable bonds is 1. The molecule has 0 aliphatic carbocycles. The molecule has 40 valence electrons. The third-order valence-corrected chi connectivity index (χ3v) is 0.887. The van der Waals surface area contributed by atoms with E-state index in [-0.39, 0.29) is 0 Å². The molecule has 0 aromatic rings. The predicted octanol–water partition coefficient (Wildman–Crippen LogP) is -0.198. The minimum Gasteiger partial charge on any atom is -0.310 e. The van der Waals surface area contributed by atoms with Crippen molar-refractivity contribution in [2.45, 2.75) is 6.92 Å². The summed E-state index contributed by atoms with van der Waals surface area (Å²) in [6, 6.07) is 0. The van der Waals surface area contributed by atoms with E-state index in [1.165, 1.54) is 0 Å². The van der Waals surface area contributed by atoms with E-state index in [0.29, 0.717) is 0 Å². The molecule has 0 spiro atoms. The molecule has 0 fully saturated rings. The largest absolute Gasteiger partial charge is 0.310 e. The summed E-state index contributed by atoms with van der Waals surface area (Å²) in [7, 11) is 0. The second-order valence-corrected chi connectivity index (χ2v) is 1.36. The van der Waals surface area contributed by atoms with E-state index in [1.54, 1.807) is 0 Å². The van der Waals surface area contributed by atoms with Crippen molar-refractivity contribution in [3.05, 3.63) is 12.4 Å². The van der Waals surface area contributed by atoms with Crippen LogP contribution in [0.25, 0.3) is 0 Å². The summed E-state index contributed by atoms with van der Waals surface area (Å²) in [5.74, 6) is 0. The smallest absolute Gasteiger partial charge is 0.0347 e. The Hall–Kier alpha value is -0.700. The van der Waals surface area contributed by atoms with Crippen molar-refractivity contribution in [3.8, 4) is 0 Å². The van der Waals surface area contributed by atoms with E-state index in [4.69, 9.17) is 0 Å². The number of nitrogens with one attached hydrogen (secondary N) is 2. The van der Waals surface area contributed by atoms with Gasteiger partial charge in [-0.05, 0) is 6.92 Å². The SMILES string of the molecule is CCN1C=CNN1. The second kappa shape index (κ2) is 1.84. The van der Waals surface area contributed by atoms with Gasteiger partial charge in [-0.3, -0.25) is 5.01 Å². The minimum atomic E-state index is 0.990. The predicted molar refractivity (Wildman–Crippen MR) is 27.8 cm³/mol. The van der Waals surface area contributed by atoms with Gasteiger partial charge in [0.2, 0.25) is 0 Å². The first-order chi connectivity index (χ1) is 3.43. The summed E-state index contributed by atoms with van der Waals surface area (Å²) in [5.41, 5.74) is 5.70. The zero-order valence-electron chi connectivity index (χ0n) is 4.31. The summed E-state index contributed by atoms with van der Waals surface area (Å²) < 4.78 is 0. The molecule has 0 saturated heterocycles. The fourth-order valence-electron chi connectivity index (χ4n) is 0.469. The van der Waals surface area contributed by atoms with E-state index < -0.39 is 0 Å². The van der Waals surface area contributed by atoms with Crippen molar-refractivity contribution in [3.63, 3.8) is 0 Å². The van der Waals surface area contributed by atoms with Crippen LogP contribution < -0.4 is 11.0 Å². The molecule has 0 aromatic heterocycles. The Bertz CT molecular complexity index is 79.0. The third kappa shape index (κ3) is 0.838. The average molecular weight is 99.1 g/mol. The summed E-state index contributed by atoms with van der Waals surface area (Å²) in [5, 5.41) is 1.94. The van der Waals surface area contributed by atoms with Gasteiger partial charge in [0, 0.05) is 18.9 Å². The number of hydrogen-bond donors (Lipinski definition) is 2. The Balaban J connectivity index is 2.28. The maximum absolute atomic E-state index is 2.88. The zero-order chi connectivity index (χ0) is 5.11. The Morgan fingerprint density at radius 1 is 1.71 bits per heavy atom. The first-order valence-electron chi connectivity index (χ1n) is 2.38. The molecule has 1 heterocycles. The first-order valence-corrected chi connectivity index (χ1v) is 2.38. The van der Waals surface area contributed by atoms with Crippen molar-refractivity contribution >= 4 is 0 Å². The highest BCUT2D eigenvalue weighted by Crippen LogP contribution is 1.84. The summed E-state index contributed by atoms with van der Waals surface area (Å²) in [6.45, 7) is 3.06. The highest BCUT2D eigenvalue weighted by molar-refractivity contribution is 4.81. The Kier molecular flexibility index (Phi) is 1.17. The number of hydrogen-bond acceptors (Lipinski definition) is 3. The van der Waals surface area contributed by atoms with E-state index >= 15 is 0 Å². The maximum Gasteiger partial charge on any atom is 0.0347 e. The van der Waals surface area contributed by atoms with Crippen molar-refractivity contribution in [2.75, 3.05) is 6.54 Å². The van der Waals surface area contributed by atoms with Crippen LogP contribution in [0.1, 0.15) is 6.92 Å². The molecule has 1 rings (SSSR count). The fraction of sp³-hybridized carbons (Fsp3) is 0.500. The van der Waals surface area contributed by atoms with Crippen molar-refractivity contribution < 1.29 is 0 Å². The van der Waals surface area contributed by atoms with E-state index in [9.17, 15) is 0 Å². The van der Waals surface area contributed by atoms with Gasteiger partial charge in [-0.2, -0.15) is 0 Å². The normalized spacial score (nSPS) is 17.6. The molecule has 3 nitrogen and oxygen atoms in total. The average Bonchev–Trinajstić information content (AvgIpc) is 2.14. The van der Waals surface area contributed by atoms with E-state index in [1.807, 2.05) is 17.4 Å². The van der Waals surface area contributed by atoms with Crippen molar-refractivity contribution in [1.29, 1.82) is 0 Å². The first kappa shape index (κ1) is 4.46. The molecule has 0 aromatic carbocycles. The lowest BCUT2D eigenvalue weighted by Gasteiger charge is -2.10. The van der Waals surface area contributed by atoms with Crippen molar-refractivity contribution in [1.82, 2.24) is 16.0 Å². The van der Waals surface area contributed by atoms with Crippen LogP contribution in [0.5, 0.6) is 0 Å². The molecule has 0 bridgehead atoms. The van der Waals surface area contributed by atoms with Gasteiger partial charge in [-0.25, -0.2) is 0 Å². The van der Waals surface area contributed by atoms with Crippen LogP contribution in [0.4, 0.5) is 0 Å². The van der Waals surface area contributed by atoms with Gasteiger partial charge in [0.05, 0.1) is 0 Å². The van der Waals surface area contributed by atoms with Gasteiger partial charge in [-0.15, -0.1) is 5.53 Å². The lowest BCUT2D eigenvalue weighted by molar-refractivity contribution is 0.286. The summed E-state index contributed by atoms with van der Waals surface area (Å²) in [6.07, 6.45) is 3.80. The van der Waals surface area contributed by atoms with Crippen LogP contribution in [-0.2, 0) is 0 Å². The molecule has 0 saturated carbocycles. The molecular weight excluding hydrogens is 90.1 g/mol. The molecule has 7 heavy (non-hydrogen) atoms. The number of nitrogens with zero attached hydrogens (tertiary/aromatic N) is 1. The molecule has 0 unspecified atom stereocenters. The highest BCUT2D eigenvalue weighted by Gasteiger charge is 1.94. The molecule has 2 N–H and O–H groups in total. The topological polar surface area (TPSA) is 27.3 Å². The quantitative estimate of drug-likeness (QED) is 0.477. The van der Waals surface area contributed by atoms with Crippen molar-refractivity contribution in [2.24, 2.45) is 0 Å². The Morgan fingerprint density at radius 3 is 2.86 bits per heavy atom. The second-order valence-electron chi connectivity index (χ2n) is 1.36. The van der Waals surface area contributed by atoms with E-state index in [2.05, 4.69) is 17.9 Å². The van der Waals surface area contributed by atoms with Gasteiger partial charge in [0.1, 0.15) is 0 Å². The third-order valence-electron chi connectivity index (χ3n) is 0.887. The van der Waals surface area contributed by atoms with Gasteiger partial charge in [0.25, 0.3) is 0 Å². The van der Waals surface area contributed by atoms with Crippen LogP contribution in [0.2, 0.25) is 0 Å². The maximum atomic E-state index is 2.88. The van der Waals surface area contributed by atoms with Crippen LogP contribution in [0.15, 0.2) is 12.4 Å². The molecule has 0 amide bonds. The Labute approximate surface area is 42.9 Å². The lowest BCUT2D eigenvalue weighted by Crippen LogP contribution is -2.34. The molecule has 3 heteroatoms. The summed E-state index contributed by atoms with van der Waals surface area (Å²) >= 11 is 0. The van der Waals surface area contributed by atoms with Gasteiger partial charge in [0.15, 0.2) is 0 Å². The molecule has 1 aliphatic rings. The fourth-order valence-corrected chi connectivity index (χ4v) is 0.469.